The van der Waals surface area contributed by atoms with Gasteiger partial charge in [0, 0.05) is 19.2 Å². The van der Waals surface area contributed by atoms with Gasteiger partial charge in [0.05, 0.1) is 25.2 Å². The quantitative estimate of drug-likeness (QED) is 0.865. The minimum Gasteiger partial charge on any atom is -0.497 e. The van der Waals surface area contributed by atoms with Gasteiger partial charge in [0.1, 0.15) is 11.5 Å². The van der Waals surface area contributed by atoms with E-state index in [9.17, 15) is 14.7 Å². The van der Waals surface area contributed by atoms with Gasteiger partial charge in [0.2, 0.25) is 0 Å². The number of benzene rings is 1. The number of methoxy groups -OCH3 is 1. The highest BCUT2D eigenvalue weighted by Gasteiger charge is 2.30. The van der Waals surface area contributed by atoms with Crippen LogP contribution in [0.2, 0.25) is 0 Å². The number of rotatable bonds is 6. The molecule has 1 heterocycles. The Morgan fingerprint density at radius 2 is 2.12 bits per heavy atom. The number of hydrogen-bond acceptors (Lipinski definition) is 4. The Hall–Kier alpha value is -2.24. The number of nitrogens with zero attached hydrogens (tertiary/aromatic N) is 1. The van der Waals surface area contributed by atoms with Crippen LogP contribution in [0.5, 0.6) is 11.5 Å². The molecule has 1 aromatic carbocycles. The molecule has 132 valence electrons. The van der Waals surface area contributed by atoms with Crippen molar-refractivity contribution in [3.05, 3.63) is 23.8 Å². The van der Waals surface area contributed by atoms with Crippen molar-refractivity contribution in [1.29, 1.82) is 0 Å². The van der Waals surface area contributed by atoms with E-state index in [1.807, 2.05) is 13.8 Å². The summed E-state index contributed by atoms with van der Waals surface area (Å²) >= 11 is 0. The zero-order valence-electron chi connectivity index (χ0n) is 14.4. The van der Waals surface area contributed by atoms with E-state index in [1.54, 1.807) is 30.2 Å². The predicted molar refractivity (Wildman–Crippen MR) is 89.6 cm³/mol. The molecule has 1 aliphatic heterocycles. The van der Waals surface area contributed by atoms with Gasteiger partial charge in [0.15, 0.2) is 0 Å². The molecule has 0 aromatic heterocycles. The van der Waals surface area contributed by atoms with Crippen molar-refractivity contribution in [2.45, 2.75) is 26.7 Å². The summed E-state index contributed by atoms with van der Waals surface area (Å²) in [6.07, 6.45) is 1.31. The van der Waals surface area contributed by atoms with E-state index in [-0.39, 0.29) is 12.5 Å². The van der Waals surface area contributed by atoms with E-state index < -0.39 is 11.9 Å². The van der Waals surface area contributed by atoms with Gasteiger partial charge >= 0.3 is 5.97 Å². The van der Waals surface area contributed by atoms with Gasteiger partial charge in [-0.05, 0) is 30.9 Å². The number of hydrogen-bond donors (Lipinski definition) is 1. The Labute approximate surface area is 142 Å². The average molecular weight is 335 g/mol. The summed E-state index contributed by atoms with van der Waals surface area (Å²) in [6.45, 7) is 5.36. The maximum atomic E-state index is 12.8. The molecule has 0 radical (unpaired) electrons. The molecule has 1 atom stereocenters. The number of piperidine rings is 1. The normalized spacial score (nSPS) is 17.7. The number of amides is 1. The first kappa shape index (κ1) is 18.1. The summed E-state index contributed by atoms with van der Waals surface area (Å²) in [6, 6.07) is 5.10. The van der Waals surface area contributed by atoms with Crippen molar-refractivity contribution in [1.82, 2.24) is 4.90 Å². The third kappa shape index (κ3) is 4.40. The van der Waals surface area contributed by atoms with Crippen molar-refractivity contribution in [2.75, 3.05) is 26.8 Å². The molecule has 0 bridgehead atoms. The Balaban J connectivity index is 2.22. The zero-order chi connectivity index (χ0) is 17.7. The van der Waals surface area contributed by atoms with Crippen LogP contribution in [0, 0.1) is 11.8 Å². The van der Waals surface area contributed by atoms with Gasteiger partial charge in [-0.25, -0.2) is 0 Å². The van der Waals surface area contributed by atoms with Crippen LogP contribution in [0.25, 0.3) is 0 Å². The van der Waals surface area contributed by atoms with Crippen LogP contribution in [0.3, 0.4) is 0 Å². The second-order valence-electron chi connectivity index (χ2n) is 6.50. The highest BCUT2D eigenvalue weighted by molar-refractivity contribution is 5.97. The predicted octanol–water partition coefficient (Wildman–Crippen LogP) is 2.67. The van der Waals surface area contributed by atoms with Gasteiger partial charge in [-0.2, -0.15) is 0 Å². The summed E-state index contributed by atoms with van der Waals surface area (Å²) in [7, 11) is 1.56. The van der Waals surface area contributed by atoms with Crippen molar-refractivity contribution in [2.24, 2.45) is 11.8 Å². The Kier molecular flexibility index (Phi) is 6.06. The molecule has 1 amide bonds. The summed E-state index contributed by atoms with van der Waals surface area (Å²) in [4.78, 5) is 25.7. The zero-order valence-corrected chi connectivity index (χ0v) is 14.4. The fourth-order valence-corrected chi connectivity index (χ4v) is 2.72. The molecule has 0 saturated carbocycles. The Morgan fingerprint density at radius 1 is 1.38 bits per heavy atom. The molecule has 1 aliphatic rings. The molecule has 1 saturated heterocycles. The molecule has 1 fully saturated rings. The number of likely N-dealkylation sites (tertiary alicyclic amines) is 1. The summed E-state index contributed by atoms with van der Waals surface area (Å²) in [5.74, 6) is -0.120. The Morgan fingerprint density at radius 3 is 2.75 bits per heavy atom. The van der Waals surface area contributed by atoms with E-state index in [4.69, 9.17) is 9.47 Å². The maximum Gasteiger partial charge on any atom is 0.308 e. The lowest BCUT2D eigenvalue weighted by atomic mass is 9.97. The number of aliphatic carboxylic acids is 1. The lowest BCUT2D eigenvalue weighted by Gasteiger charge is -2.31. The van der Waals surface area contributed by atoms with Crippen LogP contribution in [0.15, 0.2) is 18.2 Å². The average Bonchev–Trinajstić information content (AvgIpc) is 2.59. The van der Waals surface area contributed by atoms with Crippen molar-refractivity contribution < 1.29 is 24.2 Å². The van der Waals surface area contributed by atoms with Crippen LogP contribution >= 0.6 is 0 Å². The summed E-state index contributed by atoms with van der Waals surface area (Å²) < 4.78 is 11.0. The van der Waals surface area contributed by atoms with Crippen LogP contribution in [-0.4, -0.2) is 48.7 Å². The number of ether oxygens (including phenoxy) is 2. The minimum atomic E-state index is -0.849. The highest BCUT2D eigenvalue weighted by atomic mass is 16.5. The van der Waals surface area contributed by atoms with E-state index in [0.717, 1.165) is 0 Å². The smallest absolute Gasteiger partial charge is 0.308 e. The second-order valence-corrected chi connectivity index (χ2v) is 6.50. The van der Waals surface area contributed by atoms with Crippen molar-refractivity contribution in [3.8, 4) is 11.5 Å². The van der Waals surface area contributed by atoms with Crippen LogP contribution in [0.4, 0.5) is 0 Å². The lowest BCUT2D eigenvalue weighted by molar-refractivity contribution is -0.143. The molecular weight excluding hydrogens is 310 g/mol. The minimum absolute atomic E-state index is 0.192. The topological polar surface area (TPSA) is 76.1 Å². The van der Waals surface area contributed by atoms with Gasteiger partial charge in [0.25, 0.3) is 5.91 Å². The largest absolute Gasteiger partial charge is 0.497 e. The molecule has 1 N–H and O–H groups in total. The third-order valence-electron chi connectivity index (χ3n) is 4.05. The monoisotopic (exact) mass is 335 g/mol. The van der Waals surface area contributed by atoms with E-state index in [1.165, 1.54) is 0 Å². The summed E-state index contributed by atoms with van der Waals surface area (Å²) in [5, 5.41) is 9.20. The SMILES string of the molecule is COc1ccc(C(=O)N2CCCC(C(=O)O)C2)c(OCC(C)C)c1. The van der Waals surface area contributed by atoms with Crippen molar-refractivity contribution >= 4 is 11.9 Å². The molecule has 0 aliphatic carbocycles. The first-order valence-electron chi connectivity index (χ1n) is 8.25. The van der Waals surface area contributed by atoms with Gasteiger partial charge in [-0.1, -0.05) is 13.8 Å². The fourth-order valence-electron chi connectivity index (χ4n) is 2.72. The Bertz CT molecular complexity index is 599. The van der Waals surface area contributed by atoms with Crippen LogP contribution < -0.4 is 9.47 Å². The standard InChI is InChI=1S/C18H25NO5/c1-12(2)11-24-16-9-14(23-3)6-7-15(16)17(20)19-8-4-5-13(10-19)18(21)22/h6-7,9,12-13H,4-5,8,10-11H2,1-3H3,(H,21,22). The maximum absolute atomic E-state index is 12.8. The van der Waals surface area contributed by atoms with Crippen molar-refractivity contribution in [3.63, 3.8) is 0 Å². The third-order valence-corrected chi connectivity index (χ3v) is 4.05. The van der Waals surface area contributed by atoms with Gasteiger partial charge in [-0.15, -0.1) is 0 Å². The van der Waals surface area contributed by atoms with Crippen LogP contribution in [0.1, 0.15) is 37.0 Å². The molecular formula is C18H25NO5. The number of carbonyl (C=O) groups is 2. The second kappa shape index (κ2) is 8.04. The van der Waals surface area contributed by atoms with Gasteiger partial charge < -0.3 is 19.5 Å². The van der Waals surface area contributed by atoms with E-state index >= 15 is 0 Å². The van der Waals surface area contributed by atoms with E-state index in [0.29, 0.717) is 49.0 Å². The molecule has 2 rings (SSSR count). The molecule has 6 heteroatoms. The molecule has 6 nitrogen and oxygen atoms in total. The van der Waals surface area contributed by atoms with Gasteiger partial charge in [-0.3, -0.25) is 9.59 Å². The lowest BCUT2D eigenvalue weighted by Crippen LogP contribution is -2.42. The molecule has 1 aromatic rings. The number of carboxylic acid groups (broad SMARTS) is 1. The fraction of sp³-hybridized carbons (Fsp3) is 0.556. The van der Waals surface area contributed by atoms with Crippen LogP contribution in [-0.2, 0) is 4.79 Å². The molecule has 1 unspecified atom stereocenters. The van der Waals surface area contributed by atoms with E-state index in [2.05, 4.69) is 0 Å². The number of carbonyl (C=O) groups excluding carboxylic acids is 1. The first-order chi connectivity index (χ1) is 11.4. The molecule has 0 spiro atoms. The number of carboxylic acids is 1. The summed E-state index contributed by atoms with van der Waals surface area (Å²) in [5.41, 5.74) is 0.447. The highest BCUT2D eigenvalue weighted by Crippen LogP contribution is 2.28. The molecule has 24 heavy (non-hydrogen) atoms. The first-order valence-corrected chi connectivity index (χ1v) is 8.25.